The van der Waals surface area contributed by atoms with E-state index < -0.39 is 28.0 Å². The predicted octanol–water partition coefficient (Wildman–Crippen LogP) is 1.99. The van der Waals surface area contributed by atoms with Gasteiger partial charge in [-0.3, -0.25) is 4.79 Å². The van der Waals surface area contributed by atoms with Crippen molar-refractivity contribution >= 4 is 16.0 Å². The Morgan fingerprint density at radius 3 is 2.37 bits per heavy atom. The van der Waals surface area contributed by atoms with Crippen molar-refractivity contribution in [2.75, 3.05) is 5.75 Å². The zero-order chi connectivity index (χ0) is 14.7. The molecule has 1 fully saturated rings. The van der Waals surface area contributed by atoms with Crippen molar-refractivity contribution in [3.8, 4) is 0 Å². The van der Waals surface area contributed by atoms with Crippen molar-refractivity contribution in [1.29, 1.82) is 0 Å². The van der Waals surface area contributed by atoms with Crippen LogP contribution >= 0.6 is 0 Å². The molecule has 0 aromatic rings. The lowest BCUT2D eigenvalue weighted by Crippen LogP contribution is -2.46. The van der Waals surface area contributed by atoms with Crippen molar-refractivity contribution in [3.05, 3.63) is 0 Å². The molecular formula is C13H25NO4S. The second kappa shape index (κ2) is 6.22. The standard InChI is InChI=1S/C13H25NO4S/c1-13(2,3)8-9-19(17,18)14-11-7-5-4-6-10(11)12(15)16/h10-11,14H,4-9H2,1-3H3,(H,15,16). The monoisotopic (exact) mass is 291 g/mol. The Labute approximate surface area is 115 Å². The van der Waals surface area contributed by atoms with Crippen LogP contribution in [0.5, 0.6) is 0 Å². The van der Waals surface area contributed by atoms with Gasteiger partial charge in [-0.05, 0) is 24.7 Å². The molecular weight excluding hydrogens is 266 g/mol. The third kappa shape index (κ3) is 5.91. The molecule has 19 heavy (non-hydrogen) atoms. The molecule has 0 saturated heterocycles. The van der Waals surface area contributed by atoms with Crippen molar-refractivity contribution < 1.29 is 18.3 Å². The van der Waals surface area contributed by atoms with Crippen LogP contribution in [-0.2, 0) is 14.8 Å². The highest BCUT2D eigenvalue weighted by Crippen LogP contribution is 2.26. The number of carboxylic acids is 1. The first-order chi connectivity index (χ1) is 8.61. The molecule has 1 saturated carbocycles. The molecule has 6 heteroatoms. The van der Waals surface area contributed by atoms with Crippen LogP contribution in [0.25, 0.3) is 0 Å². The highest BCUT2D eigenvalue weighted by atomic mass is 32.2. The van der Waals surface area contributed by atoms with E-state index in [-0.39, 0.29) is 11.2 Å². The summed E-state index contributed by atoms with van der Waals surface area (Å²) in [5.74, 6) is -1.43. The Morgan fingerprint density at radius 2 is 1.84 bits per heavy atom. The van der Waals surface area contributed by atoms with Gasteiger partial charge in [-0.2, -0.15) is 0 Å². The van der Waals surface area contributed by atoms with Crippen molar-refractivity contribution in [2.45, 2.75) is 58.9 Å². The van der Waals surface area contributed by atoms with Gasteiger partial charge in [0, 0.05) is 6.04 Å². The number of hydrogen-bond donors (Lipinski definition) is 2. The Hall–Kier alpha value is -0.620. The topological polar surface area (TPSA) is 83.5 Å². The zero-order valence-electron chi connectivity index (χ0n) is 12.0. The smallest absolute Gasteiger partial charge is 0.308 e. The maximum atomic E-state index is 12.0. The third-order valence-corrected chi connectivity index (χ3v) is 4.94. The summed E-state index contributed by atoms with van der Waals surface area (Å²) in [6, 6.07) is -0.448. The number of aliphatic carboxylic acids is 1. The summed E-state index contributed by atoms with van der Waals surface area (Å²) in [7, 11) is -3.39. The normalized spacial score (nSPS) is 25.2. The molecule has 1 aliphatic carbocycles. The van der Waals surface area contributed by atoms with Crippen molar-refractivity contribution in [1.82, 2.24) is 4.72 Å². The molecule has 0 heterocycles. The molecule has 1 aliphatic rings. The molecule has 0 bridgehead atoms. The Bertz CT molecular complexity index is 411. The molecule has 2 atom stereocenters. The van der Waals surface area contributed by atoms with Crippen LogP contribution in [0, 0.1) is 11.3 Å². The molecule has 1 rings (SSSR count). The van der Waals surface area contributed by atoms with Gasteiger partial charge in [0.2, 0.25) is 10.0 Å². The van der Waals surface area contributed by atoms with E-state index in [0.717, 1.165) is 12.8 Å². The first-order valence-corrected chi connectivity index (χ1v) is 8.49. The van der Waals surface area contributed by atoms with Gasteiger partial charge in [-0.1, -0.05) is 33.6 Å². The quantitative estimate of drug-likeness (QED) is 0.811. The average Bonchev–Trinajstić information content (AvgIpc) is 2.26. The van der Waals surface area contributed by atoms with Crippen molar-refractivity contribution in [2.24, 2.45) is 11.3 Å². The number of sulfonamides is 1. The van der Waals surface area contributed by atoms with E-state index >= 15 is 0 Å². The summed E-state index contributed by atoms with van der Waals surface area (Å²) in [4.78, 5) is 11.1. The largest absolute Gasteiger partial charge is 0.481 e. The average molecular weight is 291 g/mol. The summed E-state index contributed by atoms with van der Waals surface area (Å²) in [6.07, 6.45) is 3.48. The first kappa shape index (κ1) is 16.4. The van der Waals surface area contributed by atoms with Crippen LogP contribution in [0.15, 0.2) is 0 Å². The maximum absolute atomic E-state index is 12.0. The number of carboxylic acid groups (broad SMARTS) is 1. The summed E-state index contributed by atoms with van der Waals surface area (Å²) in [5.41, 5.74) is -0.0481. The Morgan fingerprint density at radius 1 is 1.26 bits per heavy atom. The molecule has 0 aliphatic heterocycles. The van der Waals surface area contributed by atoms with Gasteiger partial charge < -0.3 is 5.11 Å². The minimum absolute atomic E-state index is 0.0481. The lowest BCUT2D eigenvalue weighted by molar-refractivity contribution is -0.143. The highest BCUT2D eigenvalue weighted by molar-refractivity contribution is 7.89. The minimum atomic E-state index is -3.39. The van der Waals surface area contributed by atoms with Gasteiger partial charge in [-0.15, -0.1) is 0 Å². The fourth-order valence-corrected chi connectivity index (χ4v) is 4.04. The number of carbonyl (C=O) groups is 1. The van der Waals surface area contributed by atoms with Crippen LogP contribution < -0.4 is 4.72 Å². The van der Waals surface area contributed by atoms with Gasteiger partial charge in [0.1, 0.15) is 0 Å². The summed E-state index contributed by atoms with van der Waals surface area (Å²) < 4.78 is 26.6. The lowest BCUT2D eigenvalue weighted by Gasteiger charge is -2.29. The van der Waals surface area contributed by atoms with E-state index in [0.29, 0.717) is 19.3 Å². The first-order valence-electron chi connectivity index (χ1n) is 6.83. The van der Waals surface area contributed by atoms with E-state index in [2.05, 4.69) is 4.72 Å². The van der Waals surface area contributed by atoms with E-state index in [1.807, 2.05) is 20.8 Å². The Balaban J connectivity index is 2.62. The van der Waals surface area contributed by atoms with Gasteiger partial charge in [-0.25, -0.2) is 13.1 Å². The fraction of sp³-hybridized carbons (Fsp3) is 0.923. The lowest BCUT2D eigenvalue weighted by atomic mass is 9.85. The number of nitrogens with one attached hydrogen (secondary N) is 1. The third-order valence-electron chi connectivity index (χ3n) is 3.53. The van der Waals surface area contributed by atoms with E-state index in [1.165, 1.54) is 0 Å². The summed E-state index contributed by atoms with van der Waals surface area (Å²) in [5, 5.41) is 9.13. The van der Waals surface area contributed by atoms with E-state index in [4.69, 9.17) is 5.11 Å². The molecule has 5 nitrogen and oxygen atoms in total. The molecule has 0 amide bonds. The second-order valence-electron chi connectivity index (χ2n) is 6.58. The maximum Gasteiger partial charge on any atom is 0.308 e. The second-order valence-corrected chi connectivity index (χ2v) is 8.46. The van der Waals surface area contributed by atoms with Gasteiger partial charge in [0.05, 0.1) is 11.7 Å². The minimum Gasteiger partial charge on any atom is -0.481 e. The number of rotatable bonds is 5. The molecule has 2 unspecified atom stereocenters. The van der Waals surface area contributed by atoms with Crippen LogP contribution in [0.2, 0.25) is 0 Å². The van der Waals surface area contributed by atoms with Crippen LogP contribution in [0.1, 0.15) is 52.9 Å². The van der Waals surface area contributed by atoms with Gasteiger partial charge in [0.15, 0.2) is 0 Å². The molecule has 2 N–H and O–H groups in total. The number of hydrogen-bond acceptors (Lipinski definition) is 3. The Kier molecular flexibility index (Phi) is 5.38. The predicted molar refractivity (Wildman–Crippen MR) is 74.4 cm³/mol. The molecule has 0 spiro atoms. The van der Waals surface area contributed by atoms with E-state index in [1.54, 1.807) is 0 Å². The summed E-state index contributed by atoms with van der Waals surface area (Å²) in [6.45, 7) is 5.97. The van der Waals surface area contributed by atoms with Gasteiger partial charge >= 0.3 is 5.97 Å². The van der Waals surface area contributed by atoms with Crippen molar-refractivity contribution in [3.63, 3.8) is 0 Å². The SMILES string of the molecule is CC(C)(C)CCS(=O)(=O)NC1CCCCC1C(=O)O. The van der Waals surface area contributed by atoms with E-state index in [9.17, 15) is 13.2 Å². The molecule has 112 valence electrons. The molecule has 0 aromatic heterocycles. The summed E-state index contributed by atoms with van der Waals surface area (Å²) >= 11 is 0. The molecule has 0 radical (unpaired) electrons. The fourth-order valence-electron chi connectivity index (χ4n) is 2.30. The zero-order valence-corrected chi connectivity index (χ0v) is 12.8. The van der Waals surface area contributed by atoms with Gasteiger partial charge in [0.25, 0.3) is 0 Å². The van der Waals surface area contributed by atoms with Crippen LogP contribution in [-0.4, -0.2) is 31.3 Å². The molecule has 0 aromatic carbocycles. The highest BCUT2D eigenvalue weighted by Gasteiger charge is 2.33. The van der Waals surface area contributed by atoms with Crippen LogP contribution in [0.3, 0.4) is 0 Å². The van der Waals surface area contributed by atoms with Crippen LogP contribution in [0.4, 0.5) is 0 Å².